The van der Waals surface area contributed by atoms with Crippen LogP contribution in [0.15, 0.2) is 36.5 Å². The topological polar surface area (TPSA) is 83.0 Å². The van der Waals surface area contributed by atoms with Crippen LogP contribution >= 0.6 is 0 Å². The average molecular weight is 361 g/mol. The van der Waals surface area contributed by atoms with E-state index in [0.29, 0.717) is 17.7 Å². The van der Waals surface area contributed by atoms with Gasteiger partial charge in [-0.2, -0.15) is 14.7 Å². The SMILES string of the molecule is COc1ccc(C2CC2c2cc(-c3ccc4nnc(C)n4n3)n(C)n2)cn1. The van der Waals surface area contributed by atoms with Crippen molar-refractivity contribution in [2.75, 3.05) is 7.11 Å². The summed E-state index contributed by atoms with van der Waals surface area (Å²) in [6.07, 6.45) is 2.99. The fourth-order valence-corrected chi connectivity index (χ4v) is 3.57. The zero-order chi connectivity index (χ0) is 18.5. The van der Waals surface area contributed by atoms with Gasteiger partial charge in [0, 0.05) is 25.2 Å². The maximum Gasteiger partial charge on any atom is 0.212 e. The molecule has 0 aromatic carbocycles. The lowest BCUT2D eigenvalue weighted by molar-refractivity contribution is 0.397. The molecule has 0 N–H and O–H groups in total. The smallest absolute Gasteiger partial charge is 0.212 e. The number of hydrogen-bond donors (Lipinski definition) is 0. The predicted octanol–water partition coefficient (Wildman–Crippen LogP) is 2.51. The number of rotatable bonds is 4. The second kappa shape index (κ2) is 5.87. The second-order valence-corrected chi connectivity index (χ2v) is 6.90. The molecule has 0 bridgehead atoms. The van der Waals surface area contributed by atoms with Gasteiger partial charge in [-0.25, -0.2) is 4.98 Å². The van der Waals surface area contributed by atoms with Gasteiger partial charge in [0.05, 0.1) is 18.5 Å². The van der Waals surface area contributed by atoms with Crippen molar-refractivity contribution in [3.8, 4) is 17.3 Å². The van der Waals surface area contributed by atoms with E-state index in [0.717, 1.165) is 35.0 Å². The molecule has 4 aromatic rings. The molecule has 4 aromatic heterocycles. The van der Waals surface area contributed by atoms with Crippen LogP contribution in [0.1, 0.15) is 35.3 Å². The molecule has 8 heteroatoms. The molecule has 1 saturated carbocycles. The van der Waals surface area contributed by atoms with Crippen LogP contribution in [-0.2, 0) is 7.05 Å². The third kappa shape index (κ3) is 2.64. The molecule has 1 fully saturated rings. The quantitative estimate of drug-likeness (QED) is 0.555. The van der Waals surface area contributed by atoms with E-state index < -0.39 is 0 Å². The Bertz CT molecular complexity index is 1130. The van der Waals surface area contributed by atoms with E-state index in [1.165, 1.54) is 5.56 Å². The van der Waals surface area contributed by atoms with Crippen LogP contribution in [0.5, 0.6) is 5.88 Å². The van der Waals surface area contributed by atoms with Gasteiger partial charge in [0.1, 0.15) is 5.69 Å². The van der Waals surface area contributed by atoms with Crippen molar-refractivity contribution in [1.29, 1.82) is 0 Å². The monoisotopic (exact) mass is 361 g/mol. The Balaban J connectivity index is 1.43. The van der Waals surface area contributed by atoms with Crippen molar-refractivity contribution in [1.82, 2.24) is 34.6 Å². The van der Waals surface area contributed by atoms with Crippen LogP contribution in [0.2, 0.25) is 0 Å². The predicted molar refractivity (Wildman–Crippen MR) is 98.6 cm³/mol. The normalized spacial score (nSPS) is 18.8. The van der Waals surface area contributed by atoms with E-state index in [1.54, 1.807) is 11.6 Å². The Kier molecular flexibility index (Phi) is 3.46. The van der Waals surface area contributed by atoms with E-state index in [1.807, 2.05) is 43.0 Å². The van der Waals surface area contributed by atoms with Crippen LogP contribution in [0.25, 0.3) is 17.0 Å². The summed E-state index contributed by atoms with van der Waals surface area (Å²) in [4.78, 5) is 4.32. The summed E-state index contributed by atoms with van der Waals surface area (Å²) in [5.41, 5.74) is 4.91. The van der Waals surface area contributed by atoms with Gasteiger partial charge in [0.2, 0.25) is 5.88 Å². The summed E-state index contributed by atoms with van der Waals surface area (Å²) in [6.45, 7) is 1.89. The molecule has 5 rings (SSSR count). The van der Waals surface area contributed by atoms with Crippen molar-refractivity contribution in [2.24, 2.45) is 7.05 Å². The molecule has 4 heterocycles. The molecule has 0 radical (unpaired) electrons. The van der Waals surface area contributed by atoms with Gasteiger partial charge >= 0.3 is 0 Å². The summed E-state index contributed by atoms with van der Waals surface area (Å²) in [7, 11) is 3.58. The summed E-state index contributed by atoms with van der Waals surface area (Å²) < 4.78 is 8.79. The zero-order valence-electron chi connectivity index (χ0n) is 15.4. The Labute approximate surface area is 155 Å². The summed E-state index contributed by atoms with van der Waals surface area (Å²) >= 11 is 0. The Morgan fingerprint density at radius 2 is 1.96 bits per heavy atom. The molecular weight excluding hydrogens is 342 g/mol. The van der Waals surface area contributed by atoms with Gasteiger partial charge in [-0.05, 0) is 43.0 Å². The molecule has 2 unspecified atom stereocenters. The van der Waals surface area contributed by atoms with E-state index in [4.69, 9.17) is 9.84 Å². The number of fused-ring (bicyclic) bond motifs is 1. The summed E-state index contributed by atoms with van der Waals surface area (Å²) in [6, 6.07) is 10.0. The first-order chi connectivity index (χ1) is 13.1. The maximum atomic E-state index is 5.14. The van der Waals surface area contributed by atoms with Crippen LogP contribution in [-0.4, -0.2) is 41.7 Å². The lowest BCUT2D eigenvalue weighted by Crippen LogP contribution is -2.00. The Morgan fingerprint density at radius 1 is 1.07 bits per heavy atom. The van der Waals surface area contributed by atoms with E-state index in [2.05, 4.69) is 32.4 Å². The standard InChI is InChI=1S/C19H19N7O/c1-11-21-22-18-6-5-15(24-26(11)18)17-9-16(23-25(17)2)14-8-13(14)12-4-7-19(27-3)20-10-12/h4-7,9-10,13-14H,8H2,1-3H3. The summed E-state index contributed by atoms with van der Waals surface area (Å²) in [5, 5.41) is 17.6. The number of nitrogens with zero attached hydrogens (tertiary/aromatic N) is 7. The number of hydrogen-bond acceptors (Lipinski definition) is 6. The highest BCUT2D eigenvalue weighted by Crippen LogP contribution is 2.54. The molecule has 0 aliphatic heterocycles. The van der Waals surface area contributed by atoms with Gasteiger partial charge in [-0.1, -0.05) is 6.07 Å². The van der Waals surface area contributed by atoms with Crippen molar-refractivity contribution >= 4 is 5.65 Å². The number of pyridine rings is 1. The molecule has 1 aliphatic rings. The highest BCUT2D eigenvalue weighted by Gasteiger charge is 2.41. The van der Waals surface area contributed by atoms with Crippen LogP contribution in [0, 0.1) is 6.92 Å². The second-order valence-electron chi connectivity index (χ2n) is 6.90. The molecular formula is C19H19N7O. The van der Waals surface area contributed by atoms with Crippen molar-refractivity contribution < 1.29 is 4.74 Å². The van der Waals surface area contributed by atoms with E-state index in [9.17, 15) is 0 Å². The van der Waals surface area contributed by atoms with Gasteiger partial charge in [-0.15, -0.1) is 10.2 Å². The highest BCUT2D eigenvalue weighted by molar-refractivity contribution is 5.57. The first kappa shape index (κ1) is 15.9. The Hall–Kier alpha value is -3.29. The van der Waals surface area contributed by atoms with Crippen molar-refractivity contribution in [3.63, 3.8) is 0 Å². The van der Waals surface area contributed by atoms with Crippen molar-refractivity contribution in [3.05, 3.63) is 53.6 Å². The maximum absolute atomic E-state index is 5.14. The van der Waals surface area contributed by atoms with Gasteiger partial charge in [-0.3, -0.25) is 4.68 Å². The number of ether oxygens (including phenoxy) is 1. The average Bonchev–Trinajstić information content (AvgIpc) is 3.28. The number of aromatic nitrogens is 7. The molecule has 1 aliphatic carbocycles. The van der Waals surface area contributed by atoms with Gasteiger partial charge < -0.3 is 4.74 Å². The third-order valence-electron chi connectivity index (χ3n) is 5.15. The van der Waals surface area contributed by atoms with Gasteiger partial charge in [0.25, 0.3) is 0 Å². The fourth-order valence-electron chi connectivity index (χ4n) is 3.57. The van der Waals surface area contributed by atoms with E-state index >= 15 is 0 Å². The lowest BCUT2D eigenvalue weighted by atomic mass is 10.1. The first-order valence-corrected chi connectivity index (χ1v) is 8.87. The van der Waals surface area contributed by atoms with Crippen molar-refractivity contribution in [2.45, 2.75) is 25.2 Å². The molecule has 136 valence electrons. The molecule has 0 amide bonds. The van der Waals surface area contributed by atoms with Gasteiger partial charge in [0.15, 0.2) is 11.5 Å². The minimum Gasteiger partial charge on any atom is -0.481 e. The summed E-state index contributed by atoms with van der Waals surface area (Å²) in [5.74, 6) is 2.28. The minimum absolute atomic E-state index is 0.417. The van der Waals surface area contributed by atoms with E-state index in [-0.39, 0.29) is 0 Å². The molecule has 0 spiro atoms. The highest BCUT2D eigenvalue weighted by atomic mass is 16.5. The number of aryl methyl sites for hydroxylation is 2. The number of methoxy groups -OCH3 is 1. The van der Waals surface area contributed by atoms with Crippen LogP contribution < -0.4 is 4.74 Å². The molecule has 8 nitrogen and oxygen atoms in total. The molecule has 0 saturated heterocycles. The minimum atomic E-state index is 0.417. The largest absolute Gasteiger partial charge is 0.481 e. The van der Waals surface area contributed by atoms with Crippen LogP contribution in [0.3, 0.4) is 0 Å². The molecule has 2 atom stereocenters. The fraction of sp³-hybridized carbons (Fsp3) is 0.316. The first-order valence-electron chi connectivity index (χ1n) is 8.87. The zero-order valence-corrected chi connectivity index (χ0v) is 15.4. The third-order valence-corrected chi connectivity index (χ3v) is 5.15. The Morgan fingerprint density at radius 3 is 2.74 bits per heavy atom. The molecule has 27 heavy (non-hydrogen) atoms. The lowest BCUT2D eigenvalue weighted by Gasteiger charge is -2.01. The van der Waals surface area contributed by atoms with Crippen LogP contribution in [0.4, 0.5) is 0 Å².